The molecule has 1 rings (SSSR count). The van der Waals surface area contributed by atoms with E-state index >= 15 is 0 Å². The quantitative estimate of drug-likeness (QED) is 0.708. The van der Waals surface area contributed by atoms with Gasteiger partial charge in [-0.25, -0.2) is 0 Å². The van der Waals surface area contributed by atoms with E-state index in [0.717, 1.165) is 18.5 Å². The Morgan fingerprint density at radius 3 is 2.65 bits per heavy atom. The Labute approximate surface area is 119 Å². The van der Waals surface area contributed by atoms with Crippen molar-refractivity contribution in [2.75, 3.05) is 13.2 Å². The normalized spacial score (nSPS) is 12.2. The second-order valence-corrected chi connectivity index (χ2v) is 5.22. The molecule has 1 unspecified atom stereocenters. The van der Waals surface area contributed by atoms with Crippen LogP contribution in [0.15, 0.2) is 10.9 Å². The molecule has 112 valence electrons. The van der Waals surface area contributed by atoms with E-state index in [4.69, 9.17) is 5.11 Å². The van der Waals surface area contributed by atoms with Crippen LogP contribution in [0.1, 0.15) is 47.8 Å². The van der Waals surface area contributed by atoms with Crippen molar-refractivity contribution in [1.82, 2.24) is 10.3 Å². The molecular formula is C15H24N2O3. The van der Waals surface area contributed by atoms with Gasteiger partial charge in [-0.3, -0.25) is 9.59 Å². The summed E-state index contributed by atoms with van der Waals surface area (Å²) in [4.78, 5) is 26.6. The Bertz CT molecular complexity index is 502. The van der Waals surface area contributed by atoms with Gasteiger partial charge in [-0.2, -0.15) is 0 Å². The number of aliphatic hydroxyl groups is 1. The predicted molar refractivity (Wildman–Crippen MR) is 79.0 cm³/mol. The number of hydrogen-bond acceptors (Lipinski definition) is 3. The number of hydrogen-bond donors (Lipinski definition) is 3. The highest BCUT2D eigenvalue weighted by Gasteiger charge is 2.16. The molecule has 0 saturated heterocycles. The third-order valence-electron chi connectivity index (χ3n) is 3.38. The van der Waals surface area contributed by atoms with Gasteiger partial charge in [-0.15, -0.1) is 0 Å². The number of H-pyrrole nitrogens is 1. The number of aromatic amines is 1. The average Bonchev–Trinajstić information content (AvgIpc) is 2.35. The van der Waals surface area contributed by atoms with Gasteiger partial charge in [0.25, 0.3) is 11.5 Å². The van der Waals surface area contributed by atoms with Gasteiger partial charge in [0.15, 0.2) is 0 Å². The highest BCUT2D eigenvalue weighted by molar-refractivity contribution is 5.95. The number of amides is 1. The monoisotopic (exact) mass is 280 g/mol. The lowest BCUT2D eigenvalue weighted by atomic mass is 10.00. The van der Waals surface area contributed by atoms with Gasteiger partial charge in [0.2, 0.25) is 0 Å². The second kappa shape index (κ2) is 7.85. The van der Waals surface area contributed by atoms with Gasteiger partial charge in [-0.1, -0.05) is 13.3 Å². The SMILES string of the molecule is CCCC(CCO)CNC(=O)c1c(C)cc(C)[nH]c1=O. The second-order valence-electron chi connectivity index (χ2n) is 5.22. The molecule has 1 amide bonds. The highest BCUT2D eigenvalue weighted by Crippen LogP contribution is 2.10. The lowest BCUT2D eigenvalue weighted by molar-refractivity contribution is 0.0940. The molecule has 0 saturated carbocycles. The summed E-state index contributed by atoms with van der Waals surface area (Å²) in [5.74, 6) is -0.0958. The number of carbonyl (C=O) groups is 1. The van der Waals surface area contributed by atoms with Crippen molar-refractivity contribution in [2.45, 2.75) is 40.0 Å². The molecule has 0 spiro atoms. The Hall–Kier alpha value is -1.62. The van der Waals surface area contributed by atoms with Crippen LogP contribution < -0.4 is 10.9 Å². The van der Waals surface area contributed by atoms with Crippen LogP contribution in [0.2, 0.25) is 0 Å². The van der Waals surface area contributed by atoms with E-state index in [2.05, 4.69) is 17.2 Å². The fourth-order valence-electron chi connectivity index (χ4n) is 2.40. The van der Waals surface area contributed by atoms with Crippen LogP contribution in [0.25, 0.3) is 0 Å². The van der Waals surface area contributed by atoms with Crippen molar-refractivity contribution in [2.24, 2.45) is 5.92 Å². The standard InChI is InChI=1S/C15H24N2O3/c1-4-5-12(6-7-18)9-16-14(19)13-10(2)8-11(3)17-15(13)20/h8,12,18H,4-7,9H2,1-3H3,(H,16,19)(H,17,20). The minimum Gasteiger partial charge on any atom is -0.396 e. The lowest BCUT2D eigenvalue weighted by Crippen LogP contribution is -2.34. The van der Waals surface area contributed by atoms with Crippen molar-refractivity contribution >= 4 is 5.91 Å². The van der Waals surface area contributed by atoms with E-state index in [1.165, 1.54) is 0 Å². The van der Waals surface area contributed by atoms with Crippen LogP contribution in [0.3, 0.4) is 0 Å². The zero-order valence-corrected chi connectivity index (χ0v) is 12.5. The fourth-order valence-corrected chi connectivity index (χ4v) is 2.40. The van der Waals surface area contributed by atoms with Crippen LogP contribution in [-0.2, 0) is 0 Å². The van der Waals surface area contributed by atoms with E-state index < -0.39 is 0 Å². The molecule has 5 nitrogen and oxygen atoms in total. The van der Waals surface area contributed by atoms with Crippen LogP contribution in [0, 0.1) is 19.8 Å². The number of nitrogens with one attached hydrogen (secondary N) is 2. The zero-order chi connectivity index (χ0) is 15.1. The molecule has 0 aromatic carbocycles. The summed E-state index contributed by atoms with van der Waals surface area (Å²) in [6.07, 6.45) is 2.62. The summed E-state index contributed by atoms with van der Waals surface area (Å²) < 4.78 is 0. The minimum atomic E-state index is -0.353. The topological polar surface area (TPSA) is 82.2 Å². The van der Waals surface area contributed by atoms with E-state index in [0.29, 0.717) is 18.5 Å². The number of rotatable bonds is 7. The molecule has 0 aliphatic heterocycles. The van der Waals surface area contributed by atoms with Crippen molar-refractivity contribution < 1.29 is 9.90 Å². The van der Waals surface area contributed by atoms with Gasteiger partial charge in [-0.05, 0) is 44.2 Å². The number of aromatic nitrogens is 1. The van der Waals surface area contributed by atoms with Crippen LogP contribution in [-0.4, -0.2) is 29.1 Å². The van der Waals surface area contributed by atoms with Gasteiger partial charge in [0.05, 0.1) is 0 Å². The van der Waals surface area contributed by atoms with Gasteiger partial charge < -0.3 is 15.4 Å². The number of aryl methyl sites for hydroxylation is 2. The largest absolute Gasteiger partial charge is 0.396 e. The molecule has 1 aromatic rings. The molecule has 0 aliphatic carbocycles. The Morgan fingerprint density at radius 1 is 1.40 bits per heavy atom. The van der Waals surface area contributed by atoms with Crippen molar-refractivity contribution in [3.8, 4) is 0 Å². The smallest absolute Gasteiger partial charge is 0.261 e. The first-order valence-corrected chi connectivity index (χ1v) is 7.09. The summed E-state index contributed by atoms with van der Waals surface area (Å²) in [5, 5.41) is 11.8. The number of carbonyl (C=O) groups excluding carboxylic acids is 1. The van der Waals surface area contributed by atoms with Crippen LogP contribution >= 0.6 is 0 Å². The van der Waals surface area contributed by atoms with E-state index in [1.54, 1.807) is 19.9 Å². The number of pyridine rings is 1. The average molecular weight is 280 g/mol. The third-order valence-corrected chi connectivity index (χ3v) is 3.38. The molecule has 5 heteroatoms. The first kappa shape index (κ1) is 16.4. The molecule has 0 bridgehead atoms. The molecule has 1 heterocycles. The summed E-state index contributed by atoms with van der Waals surface area (Å²) in [6.45, 7) is 6.22. The summed E-state index contributed by atoms with van der Waals surface area (Å²) in [6, 6.07) is 1.79. The molecular weight excluding hydrogens is 256 g/mol. The van der Waals surface area contributed by atoms with E-state index in [-0.39, 0.29) is 29.6 Å². The molecule has 0 aliphatic rings. The summed E-state index contributed by atoms with van der Waals surface area (Å²) in [7, 11) is 0. The maximum Gasteiger partial charge on any atom is 0.261 e. The van der Waals surface area contributed by atoms with Crippen LogP contribution in [0.5, 0.6) is 0 Å². The predicted octanol–water partition coefficient (Wildman–Crippen LogP) is 1.52. The fraction of sp³-hybridized carbons (Fsp3) is 0.600. The molecule has 1 atom stereocenters. The molecule has 0 fully saturated rings. The minimum absolute atomic E-state index is 0.116. The first-order chi connectivity index (χ1) is 9.49. The van der Waals surface area contributed by atoms with Gasteiger partial charge in [0, 0.05) is 18.8 Å². The molecule has 0 radical (unpaired) electrons. The summed E-state index contributed by atoms with van der Waals surface area (Å²) in [5.41, 5.74) is 1.25. The zero-order valence-electron chi connectivity index (χ0n) is 12.5. The maximum atomic E-state index is 12.1. The number of aliphatic hydroxyl groups excluding tert-OH is 1. The van der Waals surface area contributed by atoms with Gasteiger partial charge >= 0.3 is 0 Å². The maximum absolute atomic E-state index is 12.1. The van der Waals surface area contributed by atoms with Crippen molar-refractivity contribution in [3.63, 3.8) is 0 Å². The summed E-state index contributed by atoms with van der Waals surface area (Å²) >= 11 is 0. The lowest BCUT2D eigenvalue weighted by Gasteiger charge is -2.16. The van der Waals surface area contributed by atoms with Crippen LogP contribution in [0.4, 0.5) is 0 Å². The Balaban J connectivity index is 2.74. The Morgan fingerprint density at radius 2 is 2.10 bits per heavy atom. The molecule has 1 aromatic heterocycles. The Kier molecular flexibility index (Phi) is 6.45. The van der Waals surface area contributed by atoms with E-state index in [9.17, 15) is 9.59 Å². The van der Waals surface area contributed by atoms with E-state index in [1.807, 2.05) is 0 Å². The first-order valence-electron chi connectivity index (χ1n) is 7.09. The van der Waals surface area contributed by atoms with Crippen molar-refractivity contribution in [3.05, 3.63) is 33.2 Å². The highest BCUT2D eigenvalue weighted by atomic mass is 16.3. The third kappa shape index (κ3) is 4.49. The van der Waals surface area contributed by atoms with Gasteiger partial charge in [0.1, 0.15) is 5.56 Å². The van der Waals surface area contributed by atoms with Crippen molar-refractivity contribution in [1.29, 1.82) is 0 Å². The molecule has 20 heavy (non-hydrogen) atoms. The molecule has 3 N–H and O–H groups in total.